The average molecular weight is 270 g/mol. The molecule has 5 heteroatoms. The van der Waals surface area contributed by atoms with E-state index >= 15 is 0 Å². The molecule has 1 amide bonds. The Bertz CT molecular complexity index is 400. The predicted molar refractivity (Wildman–Crippen MR) is 74.7 cm³/mol. The third-order valence-corrected chi connectivity index (χ3v) is 2.82. The van der Waals surface area contributed by atoms with Gasteiger partial charge in [0.2, 0.25) is 0 Å². The summed E-state index contributed by atoms with van der Waals surface area (Å²) in [6.45, 7) is 6.32. The zero-order valence-electron chi connectivity index (χ0n) is 11.0. The summed E-state index contributed by atoms with van der Waals surface area (Å²) >= 11 is 5.76. The standard InChI is InChI=1S/C13H20ClN3O/c1-8(2)4-5-9(3)16-13(18)10-6-11(14)17-12(15)7-10/h6-9H,4-5H2,1-3H3,(H2,15,17)(H,16,18). The average Bonchev–Trinajstić information content (AvgIpc) is 2.25. The maximum atomic E-state index is 12.0. The minimum Gasteiger partial charge on any atom is -0.384 e. The number of pyridine rings is 1. The number of nitrogens with zero attached hydrogens (tertiary/aromatic N) is 1. The van der Waals surface area contributed by atoms with E-state index in [0.717, 1.165) is 12.8 Å². The molecule has 0 aromatic carbocycles. The molecule has 0 spiro atoms. The number of hydrogen-bond donors (Lipinski definition) is 2. The zero-order chi connectivity index (χ0) is 13.7. The van der Waals surface area contributed by atoms with E-state index in [9.17, 15) is 4.79 Å². The van der Waals surface area contributed by atoms with Crippen molar-refractivity contribution in [3.8, 4) is 0 Å². The van der Waals surface area contributed by atoms with Gasteiger partial charge < -0.3 is 11.1 Å². The van der Waals surface area contributed by atoms with Crippen LogP contribution in [0.1, 0.15) is 44.0 Å². The summed E-state index contributed by atoms with van der Waals surface area (Å²) < 4.78 is 0. The van der Waals surface area contributed by atoms with Crippen molar-refractivity contribution in [3.05, 3.63) is 22.8 Å². The number of nitrogen functional groups attached to an aromatic ring is 1. The van der Waals surface area contributed by atoms with Gasteiger partial charge in [0, 0.05) is 11.6 Å². The van der Waals surface area contributed by atoms with Crippen molar-refractivity contribution in [1.82, 2.24) is 10.3 Å². The van der Waals surface area contributed by atoms with Crippen LogP contribution in [0.5, 0.6) is 0 Å². The van der Waals surface area contributed by atoms with Crippen LogP contribution < -0.4 is 11.1 Å². The smallest absolute Gasteiger partial charge is 0.251 e. The first-order valence-electron chi connectivity index (χ1n) is 6.12. The van der Waals surface area contributed by atoms with Gasteiger partial charge in [0.25, 0.3) is 5.91 Å². The molecule has 0 aliphatic carbocycles. The molecule has 100 valence electrons. The minimum atomic E-state index is -0.165. The van der Waals surface area contributed by atoms with Gasteiger partial charge in [-0.15, -0.1) is 0 Å². The van der Waals surface area contributed by atoms with Crippen LogP contribution >= 0.6 is 11.6 Å². The van der Waals surface area contributed by atoms with Crippen LogP contribution in [0.15, 0.2) is 12.1 Å². The normalized spacial score (nSPS) is 12.5. The molecule has 0 aliphatic heterocycles. The SMILES string of the molecule is CC(C)CCC(C)NC(=O)c1cc(N)nc(Cl)c1. The summed E-state index contributed by atoms with van der Waals surface area (Å²) in [5.74, 6) is 0.722. The van der Waals surface area contributed by atoms with Crippen molar-refractivity contribution in [3.63, 3.8) is 0 Å². The second-order valence-corrected chi connectivity index (χ2v) is 5.34. The van der Waals surface area contributed by atoms with Crippen molar-refractivity contribution < 1.29 is 4.79 Å². The number of rotatable bonds is 5. The van der Waals surface area contributed by atoms with Gasteiger partial charge in [-0.05, 0) is 37.8 Å². The molecule has 1 atom stereocenters. The van der Waals surface area contributed by atoms with Crippen molar-refractivity contribution in [2.24, 2.45) is 5.92 Å². The minimum absolute atomic E-state index is 0.132. The highest BCUT2D eigenvalue weighted by Crippen LogP contribution is 2.13. The summed E-state index contributed by atoms with van der Waals surface area (Å²) in [5, 5.41) is 3.16. The van der Waals surface area contributed by atoms with E-state index in [4.69, 9.17) is 17.3 Å². The Balaban J connectivity index is 2.59. The van der Waals surface area contributed by atoms with Crippen LogP contribution in [0.2, 0.25) is 5.15 Å². The monoisotopic (exact) mass is 269 g/mol. The number of nitrogens with two attached hydrogens (primary N) is 1. The van der Waals surface area contributed by atoms with E-state index in [1.165, 1.54) is 12.1 Å². The second-order valence-electron chi connectivity index (χ2n) is 4.95. The van der Waals surface area contributed by atoms with E-state index in [1.807, 2.05) is 6.92 Å². The first kappa shape index (κ1) is 14.8. The molecule has 1 unspecified atom stereocenters. The molecule has 4 nitrogen and oxygen atoms in total. The molecule has 1 aromatic rings. The molecule has 1 rings (SSSR count). The number of amides is 1. The molecule has 0 bridgehead atoms. The zero-order valence-corrected chi connectivity index (χ0v) is 11.8. The Morgan fingerprint density at radius 1 is 1.39 bits per heavy atom. The highest BCUT2D eigenvalue weighted by atomic mass is 35.5. The van der Waals surface area contributed by atoms with Crippen molar-refractivity contribution >= 4 is 23.3 Å². The number of aromatic nitrogens is 1. The van der Waals surface area contributed by atoms with Gasteiger partial charge in [-0.3, -0.25) is 4.79 Å². The lowest BCUT2D eigenvalue weighted by Gasteiger charge is -2.15. The van der Waals surface area contributed by atoms with E-state index in [1.54, 1.807) is 0 Å². The van der Waals surface area contributed by atoms with Crippen LogP contribution in [0.4, 0.5) is 5.82 Å². The van der Waals surface area contributed by atoms with Crippen LogP contribution in [0, 0.1) is 5.92 Å². The van der Waals surface area contributed by atoms with Gasteiger partial charge >= 0.3 is 0 Å². The Morgan fingerprint density at radius 3 is 2.61 bits per heavy atom. The molecule has 0 radical (unpaired) electrons. The molecule has 3 N–H and O–H groups in total. The third-order valence-electron chi connectivity index (χ3n) is 2.63. The quantitative estimate of drug-likeness (QED) is 0.808. The Labute approximate surface area is 113 Å². The highest BCUT2D eigenvalue weighted by molar-refractivity contribution is 6.29. The lowest BCUT2D eigenvalue weighted by molar-refractivity contribution is 0.0937. The van der Waals surface area contributed by atoms with E-state index in [-0.39, 0.29) is 22.9 Å². The van der Waals surface area contributed by atoms with E-state index in [0.29, 0.717) is 11.5 Å². The molecule has 1 aromatic heterocycles. The Morgan fingerprint density at radius 2 is 2.06 bits per heavy atom. The Hall–Kier alpha value is -1.29. The second kappa shape index (κ2) is 6.59. The molecule has 18 heavy (non-hydrogen) atoms. The number of anilines is 1. The van der Waals surface area contributed by atoms with E-state index < -0.39 is 0 Å². The van der Waals surface area contributed by atoms with Crippen LogP contribution in [-0.2, 0) is 0 Å². The fraction of sp³-hybridized carbons (Fsp3) is 0.538. The van der Waals surface area contributed by atoms with Crippen LogP contribution in [-0.4, -0.2) is 16.9 Å². The maximum Gasteiger partial charge on any atom is 0.251 e. The number of halogens is 1. The fourth-order valence-corrected chi connectivity index (χ4v) is 1.83. The fourth-order valence-electron chi connectivity index (χ4n) is 1.61. The first-order chi connectivity index (χ1) is 8.38. The summed E-state index contributed by atoms with van der Waals surface area (Å²) in [6, 6.07) is 3.17. The van der Waals surface area contributed by atoms with E-state index in [2.05, 4.69) is 24.1 Å². The summed E-state index contributed by atoms with van der Waals surface area (Å²) in [6.07, 6.45) is 2.04. The van der Waals surface area contributed by atoms with Crippen LogP contribution in [0.25, 0.3) is 0 Å². The lowest BCUT2D eigenvalue weighted by Crippen LogP contribution is -2.32. The number of carbonyl (C=O) groups excluding carboxylic acids is 1. The molecule has 0 fully saturated rings. The largest absolute Gasteiger partial charge is 0.384 e. The van der Waals surface area contributed by atoms with Crippen molar-refractivity contribution in [2.45, 2.75) is 39.7 Å². The topological polar surface area (TPSA) is 68.0 Å². The van der Waals surface area contributed by atoms with Gasteiger partial charge in [0.1, 0.15) is 11.0 Å². The summed E-state index contributed by atoms with van der Waals surface area (Å²) in [5.41, 5.74) is 6.00. The molecule has 1 heterocycles. The van der Waals surface area contributed by atoms with Crippen molar-refractivity contribution in [2.75, 3.05) is 5.73 Å². The summed E-state index contributed by atoms with van der Waals surface area (Å²) in [7, 11) is 0. The third kappa shape index (κ3) is 4.92. The maximum absolute atomic E-state index is 12.0. The number of carbonyl (C=O) groups is 1. The number of nitrogens with one attached hydrogen (secondary N) is 1. The summed E-state index contributed by atoms with van der Waals surface area (Å²) in [4.78, 5) is 15.8. The highest BCUT2D eigenvalue weighted by Gasteiger charge is 2.11. The van der Waals surface area contributed by atoms with Crippen LogP contribution in [0.3, 0.4) is 0 Å². The first-order valence-corrected chi connectivity index (χ1v) is 6.50. The van der Waals surface area contributed by atoms with Gasteiger partial charge in [-0.2, -0.15) is 0 Å². The van der Waals surface area contributed by atoms with Crippen molar-refractivity contribution in [1.29, 1.82) is 0 Å². The predicted octanol–water partition coefficient (Wildman–Crippen LogP) is 2.87. The molecule has 0 aliphatic rings. The molecule has 0 saturated heterocycles. The Kier molecular flexibility index (Phi) is 5.41. The van der Waals surface area contributed by atoms with Gasteiger partial charge in [0.15, 0.2) is 0 Å². The van der Waals surface area contributed by atoms with Gasteiger partial charge in [-0.1, -0.05) is 25.4 Å². The van der Waals surface area contributed by atoms with Gasteiger partial charge in [0.05, 0.1) is 0 Å². The van der Waals surface area contributed by atoms with Gasteiger partial charge in [-0.25, -0.2) is 4.98 Å². The number of hydrogen-bond acceptors (Lipinski definition) is 3. The molecular formula is C13H20ClN3O. The molecule has 0 saturated carbocycles. The lowest BCUT2D eigenvalue weighted by atomic mass is 10.0. The molecular weight excluding hydrogens is 250 g/mol.